The van der Waals surface area contributed by atoms with Gasteiger partial charge < -0.3 is 10.0 Å². The number of aromatic nitrogens is 2. The van der Waals surface area contributed by atoms with Crippen LogP contribution in [0.5, 0.6) is 0 Å². The van der Waals surface area contributed by atoms with Gasteiger partial charge in [-0.3, -0.25) is 23.5 Å². The number of carbonyl (C=O) groups is 1. The van der Waals surface area contributed by atoms with E-state index in [1.54, 1.807) is 6.92 Å². The number of piperidine rings is 1. The van der Waals surface area contributed by atoms with Crippen LogP contribution < -0.4 is 11.2 Å². The minimum absolute atomic E-state index is 0.114. The molecule has 0 unspecified atom stereocenters. The molecular weight excluding hydrogens is 477 g/mol. The largest absolute Gasteiger partial charge is 0.522 e. The fraction of sp³-hybridized carbons (Fsp3) is 0.632. The number of rotatable bonds is 7. The lowest BCUT2D eigenvalue weighted by molar-refractivity contribution is -0.325. The number of halogens is 5. The zero-order valence-electron chi connectivity index (χ0n) is 17.5. The Kier molecular flexibility index (Phi) is 7.59. The maximum atomic E-state index is 14.1. The van der Waals surface area contributed by atoms with Crippen LogP contribution in [0, 0.1) is 0 Å². The summed E-state index contributed by atoms with van der Waals surface area (Å²) in [5, 5.41) is 9.07. The standard InChI is InChI=1S/C19H22F5N3O5S/c1-2-5-26-15(29)12-11(14(20)21)13(16(30)25-6-3-10(28)4-7-25)33-17(12)27(18(26)31)8-9-32-19(22,23)24/h10,14,28H,2-9H2,1H3. The van der Waals surface area contributed by atoms with Gasteiger partial charge in [0.15, 0.2) is 0 Å². The molecule has 1 N–H and O–H groups in total. The number of hydrogen-bond acceptors (Lipinski definition) is 6. The first-order valence-corrected chi connectivity index (χ1v) is 11.0. The minimum Gasteiger partial charge on any atom is -0.393 e. The van der Waals surface area contributed by atoms with Gasteiger partial charge in [0.05, 0.1) is 30.2 Å². The molecule has 1 saturated heterocycles. The summed E-state index contributed by atoms with van der Waals surface area (Å²) < 4.78 is 70.6. The van der Waals surface area contributed by atoms with Gasteiger partial charge in [0.1, 0.15) is 9.71 Å². The van der Waals surface area contributed by atoms with E-state index >= 15 is 0 Å². The van der Waals surface area contributed by atoms with Crippen molar-refractivity contribution in [3.8, 4) is 0 Å². The van der Waals surface area contributed by atoms with E-state index in [9.17, 15) is 41.4 Å². The van der Waals surface area contributed by atoms with E-state index in [1.807, 2.05) is 0 Å². The summed E-state index contributed by atoms with van der Waals surface area (Å²) >= 11 is 0.474. The maximum Gasteiger partial charge on any atom is 0.522 e. The molecule has 3 heterocycles. The highest BCUT2D eigenvalue weighted by atomic mass is 32.1. The molecule has 8 nitrogen and oxygen atoms in total. The number of ether oxygens (including phenoxy) is 1. The fourth-order valence-corrected chi connectivity index (χ4v) is 5.02. The molecule has 0 atom stereocenters. The zero-order valence-corrected chi connectivity index (χ0v) is 18.3. The lowest BCUT2D eigenvalue weighted by Gasteiger charge is -2.29. The van der Waals surface area contributed by atoms with Crippen molar-refractivity contribution < 1.29 is 36.6 Å². The van der Waals surface area contributed by atoms with Gasteiger partial charge in [-0.2, -0.15) is 0 Å². The molecular formula is C19H22F5N3O5S. The average molecular weight is 499 g/mol. The third-order valence-corrected chi connectivity index (χ3v) is 6.50. The number of hydrogen-bond donors (Lipinski definition) is 1. The second kappa shape index (κ2) is 9.89. The quantitative estimate of drug-likeness (QED) is 0.592. The van der Waals surface area contributed by atoms with Crippen molar-refractivity contribution in [2.75, 3.05) is 19.7 Å². The summed E-state index contributed by atoms with van der Waals surface area (Å²) in [6.45, 7) is 0.0736. The van der Waals surface area contributed by atoms with E-state index in [1.165, 1.54) is 4.90 Å². The van der Waals surface area contributed by atoms with E-state index in [4.69, 9.17) is 0 Å². The smallest absolute Gasteiger partial charge is 0.393 e. The normalized spacial score (nSPS) is 15.7. The number of thiophene rings is 1. The molecule has 2 aromatic rings. The Morgan fingerprint density at radius 3 is 2.36 bits per heavy atom. The van der Waals surface area contributed by atoms with Crippen LogP contribution in [0.3, 0.4) is 0 Å². The van der Waals surface area contributed by atoms with Crippen LogP contribution in [-0.2, 0) is 17.8 Å². The van der Waals surface area contributed by atoms with Crippen molar-refractivity contribution in [1.82, 2.24) is 14.0 Å². The predicted octanol–water partition coefficient (Wildman–Crippen LogP) is 2.71. The van der Waals surface area contributed by atoms with Crippen molar-refractivity contribution in [3.63, 3.8) is 0 Å². The van der Waals surface area contributed by atoms with Crippen molar-refractivity contribution in [3.05, 3.63) is 31.3 Å². The molecule has 1 aliphatic rings. The number of alkyl halides is 5. The van der Waals surface area contributed by atoms with Crippen LogP contribution in [0.15, 0.2) is 9.59 Å². The highest BCUT2D eigenvalue weighted by molar-refractivity contribution is 7.20. The third-order valence-electron chi connectivity index (χ3n) is 5.28. The van der Waals surface area contributed by atoms with Gasteiger partial charge in [0.25, 0.3) is 17.9 Å². The van der Waals surface area contributed by atoms with Gasteiger partial charge in [-0.05, 0) is 19.3 Å². The number of likely N-dealkylation sites (tertiary alicyclic amines) is 1. The summed E-state index contributed by atoms with van der Waals surface area (Å²) in [7, 11) is 0. The highest BCUT2D eigenvalue weighted by Crippen LogP contribution is 2.37. The Morgan fingerprint density at radius 2 is 1.82 bits per heavy atom. The van der Waals surface area contributed by atoms with E-state index in [2.05, 4.69) is 4.74 Å². The molecule has 0 saturated carbocycles. The van der Waals surface area contributed by atoms with Crippen LogP contribution in [0.25, 0.3) is 10.2 Å². The second-order valence-corrected chi connectivity index (χ2v) is 8.53. The topological polar surface area (TPSA) is 93.8 Å². The third kappa shape index (κ3) is 5.27. The van der Waals surface area contributed by atoms with E-state index < -0.39 is 65.0 Å². The molecule has 1 amide bonds. The van der Waals surface area contributed by atoms with Crippen molar-refractivity contribution in [2.45, 2.75) is 58.2 Å². The summed E-state index contributed by atoms with van der Waals surface area (Å²) in [6.07, 6.45) is -8.04. The van der Waals surface area contributed by atoms with Gasteiger partial charge in [-0.15, -0.1) is 24.5 Å². The van der Waals surface area contributed by atoms with Crippen LogP contribution >= 0.6 is 11.3 Å². The Bertz CT molecular complexity index is 1130. The Labute approximate surface area is 187 Å². The molecule has 2 aromatic heterocycles. The van der Waals surface area contributed by atoms with Crippen LogP contribution in [0.4, 0.5) is 22.0 Å². The molecule has 14 heteroatoms. The molecule has 0 radical (unpaired) electrons. The molecule has 3 rings (SSSR count). The summed E-state index contributed by atoms with van der Waals surface area (Å²) in [5.74, 6) is -0.787. The SMILES string of the molecule is CCCn1c(=O)c2c(C(F)F)c(C(=O)N3CCC(O)CC3)sc2n(CCOC(F)(F)F)c1=O. The molecule has 0 bridgehead atoms. The van der Waals surface area contributed by atoms with Gasteiger partial charge in [-0.1, -0.05) is 6.92 Å². The highest BCUT2D eigenvalue weighted by Gasteiger charge is 2.34. The van der Waals surface area contributed by atoms with Crippen molar-refractivity contribution >= 4 is 27.5 Å². The van der Waals surface area contributed by atoms with Crippen LogP contribution in [0.2, 0.25) is 0 Å². The first-order valence-electron chi connectivity index (χ1n) is 10.2. The number of aliphatic hydroxyl groups is 1. The molecule has 33 heavy (non-hydrogen) atoms. The average Bonchev–Trinajstić information content (AvgIpc) is 3.14. The molecule has 0 spiro atoms. The van der Waals surface area contributed by atoms with Gasteiger partial charge in [0, 0.05) is 19.6 Å². The van der Waals surface area contributed by atoms with E-state index in [-0.39, 0.29) is 43.7 Å². The molecule has 184 valence electrons. The fourth-order valence-electron chi connectivity index (χ4n) is 3.73. The number of carbonyl (C=O) groups excluding carboxylic acids is 1. The second-order valence-electron chi connectivity index (χ2n) is 7.53. The number of fused-ring (bicyclic) bond motifs is 1. The molecule has 1 fully saturated rings. The van der Waals surface area contributed by atoms with Gasteiger partial charge in [0.2, 0.25) is 0 Å². The van der Waals surface area contributed by atoms with E-state index in [0.29, 0.717) is 15.9 Å². The zero-order chi connectivity index (χ0) is 24.5. The molecule has 0 aromatic carbocycles. The summed E-state index contributed by atoms with van der Waals surface area (Å²) in [5.41, 5.74) is -2.83. The first kappa shape index (κ1) is 25.3. The molecule has 1 aliphatic heterocycles. The van der Waals surface area contributed by atoms with Crippen LogP contribution in [-0.4, -0.2) is 57.2 Å². The number of nitrogens with zero attached hydrogens (tertiary/aromatic N) is 3. The lowest BCUT2D eigenvalue weighted by Crippen LogP contribution is -2.41. The molecule has 0 aliphatic carbocycles. The maximum absolute atomic E-state index is 14.1. The summed E-state index contributed by atoms with van der Waals surface area (Å²) in [6, 6.07) is 0. The number of aliphatic hydroxyl groups excluding tert-OH is 1. The van der Waals surface area contributed by atoms with Crippen molar-refractivity contribution in [2.24, 2.45) is 0 Å². The Balaban J connectivity index is 2.19. The monoisotopic (exact) mass is 499 g/mol. The summed E-state index contributed by atoms with van der Waals surface area (Å²) in [4.78, 5) is 39.3. The van der Waals surface area contributed by atoms with Gasteiger partial charge in [-0.25, -0.2) is 13.6 Å². The Hall–Kier alpha value is -2.32. The van der Waals surface area contributed by atoms with Gasteiger partial charge >= 0.3 is 12.1 Å². The lowest BCUT2D eigenvalue weighted by atomic mass is 10.1. The van der Waals surface area contributed by atoms with E-state index in [0.717, 1.165) is 4.57 Å². The van der Waals surface area contributed by atoms with Crippen molar-refractivity contribution in [1.29, 1.82) is 0 Å². The Morgan fingerprint density at radius 1 is 1.18 bits per heavy atom. The minimum atomic E-state index is -4.97. The van der Waals surface area contributed by atoms with Crippen LogP contribution in [0.1, 0.15) is 47.8 Å². The number of amides is 1. The predicted molar refractivity (Wildman–Crippen MR) is 109 cm³/mol. The first-order chi connectivity index (χ1) is 15.5.